The molecule has 5 heterocycles. The summed E-state index contributed by atoms with van der Waals surface area (Å²) >= 11 is 0. The van der Waals surface area contributed by atoms with Gasteiger partial charge in [-0.15, -0.1) is 0 Å². The minimum Gasteiger partial charge on any atom is -0.353 e. The number of aromatic amines is 2. The summed E-state index contributed by atoms with van der Waals surface area (Å²) in [5.41, 5.74) is 8.08. The third kappa shape index (κ3) is 4.45. The minimum atomic E-state index is -0.00329. The van der Waals surface area contributed by atoms with E-state index in [1.807, 2.05) is 24.3 Å². The molecule has 1 amide bonds. The van der Waals surface area contributed by atoms with Crippen LogP contribution in [0.3, 0.4) is 0 Å². The quantitative estimate of drug-likeness (QED) is 0.243. The van der Waals surface area contributed by atoms with Crippen LogP contribution in [0.1, 0.15) is 26.2 Å². The topological polar surface area (TPSA) is 112 Å². The van der Waals surface area contributed by atoms with E-state index in [9.17, 15) is 4.79 Å². The van der Waals surface area contributed by atoms with Crippen LogP contribution >= 0.6 is 0 Å². The van der Waals surface area contributed by atoms with Gasteiger partial charge in [0.2, 0.25) is 5.91 Å². The van der Waals surface area contributed by atoms with Gasteiger partial charge in [-0.1, -0.05) is 25.5 Å². The second-order valence-corrected chi connectivity index (χ2v) is 8.99. The summed E-state index contributed by atoms with van der Waals surface area (Å²) in [4.78, 5) is 28.8. The van der Waals surface area contributed by atoms with Crippen molar-refractivity contribution >= 4 is 33.5 Å². The fourth-order valence-electron chi connectivity index (χ4n) is 4.56. The fourth-order valence-corrected chi connectivity index (χ4v) is 4.56. The van der Waals surface area contributed by atoms with Crippen LogP contribution in [0.4, 0.5) is 5.69 Å². The molecule has 5 aromatic heterocycles. The van der Waals surface area contributed by atoms with Gasteiger partial charge in [0.05, 0.1) is 17.6 Å². The molecular formula is C29H25N7O. The zero-order valence-corrected chi connectivity index (χ0v) is 20.3. The van der Waals surface area contributed by atoms with Crippen LogP contribution in [0.2, 0.25) is 0 Å². The Balaban J connectivity index is 1.37. The molecule has 0 atom stereocenters. The molecule has 0 unspecified atom stereocenters. The van der Waals surface area contributed by atoms with Gasteiger partial charge in [0.25, 0.3) is 0 Å². The summed E-state index contributed by atoms with van der Waals surface area (Å²) in [5.74, 6) is -0.00329. The maximum atomic E-state index is 12.2. The zero-order chi connectivity index (χ0) is 25.2. The van der Waals surface area contributed by atoms with E-state index in [0.717, 1.165) is 62.8 Å². The van der Waals surface area contributed by atoms with Gasteiger partial charge in [-0.05, 0) is 53.9 Å². The molecule has 0 aliphatic carbocycles. The number of rotatable bonds is 7. The predicted molar refractivity (Wildman–Crippen MR) is 146 cm³/mol. The van der Waals surface area contributed by atoms with Crippen LogP contribution in [-0.4, -0.2) is 36.0 Å². The number of carbonyl (C=O) groups is 1. The number of unbranched alkanes of at least 4 members (excludes halogenated alkanes) is 1. The number of carbonyl (C=O) groups excluding carboxylic acids is 1. The number of hydrogen-bond acceptors (Lipinski definition) is 5. The Kier molecular flexibility index (Phi) is 5.90. The smallest absolute Gasteiger partial charge is 0.224 e. The molecule has 0 aliphatic rings. The highest BCUT2D eigenvalue weighted by Crippen LogP contribution is 2.34. The van der Waals surface area contributed by atoms with Gasteiger partial charge in [-0.25, -0.2) is 4.98 Å². The summed E-state index contributed by atoms with van der Waals surface area (Å²) in [6.07, 6.45) is 11.2. The average molecular weight is 488 g/mol. The van der Waals surface area contributed by atoms with Crippen LogP contribution in [0.15, 0.2) is 79.5 Å². The Bertz CT molecular complexity index is 1720. The second kappa shape index (κ2) is 9.66. The lowest BCUT2D eigenvalue weighted by Gasteiger charge is -2.07. The Labute approximate surface area is 213 Å². The van der Waals surface area contributed by atoms with E-state index in [2.05, 4.69) is 66.6 Å². The van der Waals surface area contributed by atoms with Crippen LogP contribution < -0.4 is 5.32 Å². The van der Waals surface area contributed by atoms with Crippen molar-refractivity contribution in [1.82, 2.24) is 30.1 Å². The van der Waals surface area contributed by atoms with Crippen LogP contribution in [-0.2, 0) is 4.79 Å². The van der Waals surface area contributed by atoms with Crippen molar-refractivity contribution in [1.29, 1.82) is 0 Å². The molecule has 3 N–H and O–H groups in total. The third-order valence-electron chi connectivity index (χ3n) is 6.44. The standard InChI is InChI=1S/C29H25N7O/c1-2-3-7-27(37)33-21-12-19(15-31-17-21)20-13-24-28(35-36-29(24)32-16-20)26-14-23-22(5-4-6-25(23)34-26)18-8-10-30-11-9-18/h4-6,8-17,34H,2-3,7H2,1H3,(H,33,37)(H,32,35,36). The Morgan fingerprint density at radius 3 is 2.65 bits per heavy atom. The second-order valence-electron chi connectivity index (χ2n) is 8.99. The molecular weight excluding hydrogens is 462 g/mol. The SMILES string of the molecule is CCCCC(=O)Nc1cncc(-c2cnc3[nH]nc(-c4cc5c(-c6ccncc6)cccc5[nH]4)c3c2)c1. The molecule has 8 heteroatoms. The van der Waals surface area contributed by atoms with Crippen molar-refractivity contribution in [3.63, 3.8) is 0 Å². The van der Waals surface area contributed by atoms with Gasteiger partial charge in [-0.2, -0.15) is 5.10 Å². The molecule has 1 aromatic carbocycles. The highest BCUT2D eigenvalue weighted by atomic mass is 16.1. The number of amides is 1. The van der Waals surface area contributed by atoms with Crippen LogP contribution in [0.25, 0.3) is 55.6 Å². The van der Waals surface area contributed by atoms with E-state index < -0.39 is 0 Å². The van der Waals surface area contributed by atoms with Gasteiger partial charge < -0.3 is 10.3 Å². The molecule has 37 heavy (non-hydrogen) atoms. The molecule has 0 bridgehead atoms. The normalized spacial score (nSPS) is 11.3. The number of aromatic nitrogens is 6. The maximum absolute atomic E-state index is 12.2. The van der Waals surface area contributed by atoms with Gasteiger partial charge in [-0.3, -0.25) is 19.9 Å². The summed E-state index contributed by atoms with van der Waals surface area (Å²) < 4.78 is 0. The Morgan fingerprint density at radius 2 is 1.78 bits per heavy atom. The zero-order valence-electron chi connectivity index (χ0n) is 20.3. The van der Waals surface area contributed by atoms with Crippen LogP contribution in [0.5, 0.6) is 0 Å². The van der Waals surface area contributed by atoms with Gasteiger partial charge >= 0.3 is 0 Å². The fraction of sp³-hybridized carbons (Fsp3) is 0.138. The molecule has 6 rings (SSSR count). The number of pyridine rings is 3. The van der Waals surface area contributed by atoms with Crippen molar-refractivity contribution in [3.05, 3.63) is 79.5 Å². The average Bonchev–Trinajstić information content (AvgIpc) is 3.56. The van der Waals surface area contributed by atoms with E-state index in [1.54, 1.807) is 31.0 Å². The predicted octanol–water partition coefficient (Wildman–Crippen LogP) is 6.36. The van der Waals surface area contributed by atoms with Crippen LogP contribution in [0, 0.1) is 0 Å². The molecule has 0 saturated carbocycles. The molecule has 0 aliphatic heterocycles. The van der Waals surface area contributed by atoms with Crippen molar-refractivity contribution in [2.45, 2.75) is 26.2 Å². The number of hydrogen-bond donors (Lipinski definition) is 3. The molecule has 0 radical (unpaired) electrons. The number of anilines is 1. The first kappa shape index (κ1) is 22.6. The minimum absolute atomic E-state index is 0.00329. The first-order valence-corrected chi connectivity index (χ1v) is 12.3. The summed E-state index contributed by atoms with van der Waals surface area (Å²) in [7, 11) is 0. The number of fused-ring (bicyclic) bond motifs is 2. The highest BCUT2D eigenvalue weighted by Gasteiger charge is 2.15. The summed E-state index contributed by atoms with van der Waals surface area (Å²) in [6.45, 7) is 2.07. The Hall–Kier alpha value is -4.85. The number of nitrogens with one attached hydrogen (secondary N) is 3. The lowest BCUT2D eigenvalue weighted by molar-refractivity contribution is -0.116. The molecule has 0 spiro atoms. The maximum Gasteiger partial charge on any atom is 0.224 e. The first-order chi connectivity index (χ1) is 18.2. The molecule has 6 aromatic rings. The largest absolute Gasteiger partial charge is 0.353 e. The summed E-state index contributed by atoms with van der Waals surface area (Å²) in [5, 5.41) is 12.6. The van der Waals surface area contributed by atoms with Crippen molar-refractivity contribution in [2.24, 2.45) is 0 Å². The number of H-pyrrole nitrogens is 2. The van der Waals surface area contributed by atoms with E-state index in [0.29, 0.717) is 17.8 Å². The van der Waals surface area contributed by atoms with Crippen molar-refractivity contribution < 1.29 is 4.79 Å². The first-order valence-electron chi connectivity index (χ1n) is 12.3. The summed E-state index contributed by atoms with van der Waals surface area (Å²) in [6, 6.07) is 16.3. The van der Waals surface area contributed by atoms with E-state index in [4.69, 9.17) is 0 Å². The molecule has 8 nitrogen and oxygen atoms in total. The van der Waals surface area contributed by atoms with E-state index >= 15 is 0 Å². The molecule has 182 valence electrons. The lowest BCUT2D eigenvalue weighted by Crippen LogP contribution is -2.11. The van der Waals surface area contributed by atoms with E-state index in [1.165, 1.54) is 0 Å². The van der Waals surface area contributed by atoms with Crippen molar-refractivity contribution in [3.8, 4) is 33.6 Å². The van der Waals surface area contributed by atoms with E-state index in [-0.39, 0.29) is 5.91 Å². The molecule has 0 fully saturated rings. The van der Waals surface area contributed by atoms with Gasteiger partial charge in [0.1, 0.15) is 5.69 Å². The molecule has 0 saturated heterocycles. The highest BCUT2D eigenvalue weighted by molar-refractivity contribution is 6.01. The number of benzene rings is 1. The van der Waals surface area contributed by atoms with Gasteiger partial charge in [0.15, 0.2) is 5.65 Å². The number of nitrogens with zero attached hydrogens (tertiary/aromatic N) is 4. The Morgan fingerprint density at radius 1 is 0.919 bits per heavy atom. The monoisotopic (exact) mass is 487 g/mol. The lowest BCUT2D eigenvalue weighted by atomic mass is 10.0. The van der Waals surface area contributed by atoms with Gasteiger partial charge in [0, 0.05) is 58.6 Å². The third-order valence-corrected chi connectivity index (χ3v) is 6.44. The van der Waals surface area contributed by atoms with Crippen molar-refractivity contribution in [2.75, 3.05) is 5.32 Å².